The van der Waals surface area contributed by atoms with Gasteiger partial charge in [-0.3, -0.25) is 4.68 Å². The molecule has 0 spiro atoms. The molecule has 0 aliphatic carbocycles. The molecule has 0 aromatic carbocycles. The van der Waals surface area contributed by atoms with Crippen LogP contribution in [0.3, 0.4) is 0 Å². The second-order valence-electron chi connectivity index (χ2n) is 4.59. The number of rotatable bonds is 2. The van der Waals surface area contributed by atoms with Gasteiger partial charge in [-0.25, -0.2) is 10.2 Å². The number of carbonyl (C=O) groups excluding carboxylic acids is 1. The summed E-state index contributed by atoms with van der Waals surface area (Å²) in [6.07, 6.45) is 3.38. The van der Waals surface area contributed by atoms with Crippen LogP contribution in [-0.2, 0) is 12.5 Å². The van der Waals surface area contributed by atoms with Gasteiger partial charge in [0.2, 0.25) is 0 Å². The number of nitrogens with one attached hydrogen (secondary N) is 1. The molecular formula is C10H17N5O. The molecule has 2 amide bonds. The van der Waals surface area contributed by atoms with Gasteiger partial charge in [0, 0.05) is 24.2 Å². The van der Waals surface area contributed by atoms with E-state index in [9.17, 15) is 4.79 Å². The van der Waals surface area contributed by atoms with Gasteiger partial charge in [0.05, 0.1) is 11.9 Å². The monoisotopic (exact) mass is 223 g/mol. The number of nitrogens with zero attached hydrogens (tertiary/aromatic N) is 3. The van der Waals surface area contributed by atoms with Gasteiger partial charge in [0.1, 0.15) is 0 Å². The van der Waals surface area contributed by atoms with E-state index < -0.39 is 6.03 Å². The van der Waals surface area contributed by atoms with Crippen LogP contribution in [0.15, 0.2) is 11.3 Å². The summed E-state index contributed by atoms with van der Waals surface area (Å²) >= 11 is 0. The van der Waals surface area contributed by atoms with Gasteiger partial charge < -0.3 is 5.73 Å². The highest BCUT2D eigenvalue weighted by molar-refractivity contribution is 5.82. The number of aryl methyl sites for hydroxylation is 1. The van der Waals surface area contributed by atoms with Crippen molar-refractivity contribution in [1.82, 2.24) is 15.2 Å². The number of hydrogen-bond donors (Lipinski definition) is 2. The molecule has 0 aliphatic heterocycles. The standard InChI is InChI=1S/C10H17N5O/c1-10(2,3)8-7(6-15(4)14-8)5-12-13-9(11)16/h5-6H,1-4H3,(H3,11,13,16)/b12-5+. The first kappa shape index (κ1) is 12.2. The number of urea groups is 1. The molecule has 16 heavy (non-hydrogen) atoms. The zero-order valence-corrected chi connectivity index (χ0v) is 9.98. The summed E-state index contributed by atoms with van der Waals surface area (Å²) in [6.45, 7) is 6.19. The Bertz CT molecular complexity index is 413. The van der Waals surface area contributed by atoms with Crippen molar-refractivity contribution in [3.8, 4) is 0 Å². The third-order valence-corrected chi connectivity index (χ3v) is 1.95. The Labute approximate surface area is 94.5 Å². The number of primary amides is 1. The van der Waals surface area contributed by atoms with Crippen LogP contribution in [0.4, 0.5) is 4.79 Å². The van der Waals surface area contributed by atoms with Gasteiger partial charge in [-0.2, -0.15) is 10.2 Å². The zero-order valence-electron chi connectivity index (χ0n) is 9.98. The topological polar surface area (TPSA) is 85.3 Å². The van der Waals surface area contributed by atoms with Gasteiger partial charge in [0.15, 0.2) is 0 Å². The van der Waals surface area contributed by atoms with Crippen LogP contribution in [0.1, 0.15) is 32.0 Å². The van der Waals surface area contributed by atoms with Crippen LogP contribution in [0.5, 0.6) is 0 Å². The number of nitrogens with two attached hydrogens (primary N) is 1. The minimum Gasteiger partial charge on any atom is -0.350 e. The Balaban J connectivity index is 2.96. The maximum absolute atomic E-state index is 10.5. The quantitative estimate of drug-likeness (QED) is 0.571. The fraction of sp³-hybridized carbons (Fsp3) is 0.500. The molecule has 0 atom stereocenters. The average molecular weight is 223 g/mol. The van der Waals surface area contributed by atoms with Crippen LogP contribution >= 0.6 is 0 Å². The third-order valence-electron chi connectivity index (χ3n) is 1.95. The Morgan fingerprint density at radius 1 is 1.62 bits per heavy atom. The fourth-order valence-corrected chi connectivity index (χ4v) is 1.35. The first-order chi connectivity index (χ1) is 7.30. The van der Waals surface area contributed by atoms with E-state index in [0.717, 1.165) is 11.3 Å². The second-order valence-corrected chi connectivity index (χ2v) is 4.59. The lowest BCUT2D eigenvalue weighted by molar-refractivity contribution is 0.249. The van der Waals surface area contributed by atoms with Crippen LogP contribution in [-0.4, -0.2) is 22.0 Å². The summed E-state index contributed by atoms with van der Waals surface area (Å²) in [5, 5.41) is 8.09. The summed E-state index contributed by atoms with van der Waals surface area (Å²) in [5.74, 6) is 0. The molecule has 1 heterocycles. The Morgan fingerprint density at radius 3 is 2.75 bits per heavy atom. The van der Waals surface area contributed by atoms with Gasteiger partial charge in [-0.1, -0.05) is 20.8 Å². The van der Waals surface area contributed by atoms with Crippen molar-refractivity contribution in [2.75, 3.05) is 0 Å². The zero-order chi connectivity index (χ0) is 12.3. The molecule has 0 fully saturated rings. The van der Waals surface area contributed by atoms with E-state index in [-0.39, 0.29) is 5.41 Å². The predicted octanol–water partition coefficient (Wildman–Crippen LogP) is 0.720. The number of carbonyl (C=O) groups is 1. The largest absolute Gasteiger partial charge is 0.350 e. The van der Waals surface area contributed by atoms with Crippen molar-refractivity contribution in [3.05, 3.63) is 17.5 Å². The van der Waals surface area contributed by atoms with E-state index in [1.54, 1.807) is 10.9 Å². The van der Waals surface area contributed by atoms with Crippen LogP contribution in [0, 0.1) is 0 Å². The maximum atomic E-state index is 10.5. The highest BCUT2D eigenvalue weighted by atomic mass is 16.2. The van der Waals surface area contributed by atoms with Crippen molar-refractivity contribution in [3.63, 3.8) is 0 Å². The lowest BCUT2D eigenvalue weighted by Crippen LogP contribution is -2.24. The van der Waals surface area contributed by atoms with Crippen molar-refractivity contribution in [1.29, 1.82) is 0 Å². The Hall–Kier alpha value is -1.85. The van der Waals surface area contributed by atoms with E-state index >= 15 is 0 Å². The normalized spacial score (nSPS) is 12.0. The molecule has 0 saturated carbocycles. The van der Waals surface area contributed by atoms with E-state index in [4.69, 9.17) is 5.73 Å². The summed E-state index contributed by atoms with van der Waals surface area (Å²) < 4.78 is 1.71. The highest BCUT2D eigenvalue weighted by Gasteiger charge is 2.20. The number of hydrazone groups is 1. The van der Waals surface area contributed by atoms with Crippen LogP contribution in [0.2, 0.25) is 0 Å². The molecule has 1 aromatic rings. The van der Waals surface area contributed by atoms with Gasteiger partial charge in [-0.05, 0) is 0 Å². The van der Waals surface area contributed by atoms with E-state index in [1.807, 2.05) is 13.2 Å². The number of hydrogen-bond acceptors (Lipinski definition) is 3. The average Bonchev–Trinajstić information content (AvgIpc) is 2.45. The van der Waals surface area contributed by atoms with Crippen LogP contribution in [0.25, 0.3) is 0 Å². The van der Waals surface area contributed by atoms with Crippen molar-refractivity contribution >= 4 is 12.2 Å². The van der Waals surface area contributed by atoms with E-state index in [2.05, 4.69) is 36.4 Å². The third kappa shape index (κ3) is 3.08. The van der Waals surface area contributed by atoms with Crippen molar-refractivity contribution in [2.24, 2.45) is 17.9 Å². The van der Waals surface area contributed by atoms with Crippen molar-refractivity contribution < 1.29 is 4.79 Å². The minimum absolute atomic E-state index is 0.0741. The molecule has 88 valence electrons. The SMILES string of the molecule is Cn1cc(/C=N/NC(N)=O)c(C(C)(C)C)n1. The molecule has 0 aliphatic rings. The summed E-state index contributed by atoms with van der Waals surface area (Å²) in [5.41, 5.74) is 8.77. The van der Waals surface area contributed by atoms with Gasteiger partial charge in [-0.15, -0.1) is 0 Å². The van der Waals surface area contributed by atoms with E-state index in [1.165, 1.54) is 0 Å². The smallest absolute Gasteiger partial charge is 0.332 e. The Morgan fingerprint density at radius 2 is 2.25 bits per heavy atom. The summed E-state index contributed by atoms with van der Waals surface area (Å²) in [6, 6.07) is -0.683. The summed E-state index contributed by atoms with van der Waals surface area (Å²) in [4.78, 5) is 10.5. The lowest BCUT2D eigenvalue weighted by Gasteiger charge is -2.15. The fourth-order valence-electron chi connectivity index (χ4n) is 1.35. The first-order valence-electron chi connectivity index (χ1n) is 4.93. The van der Waals surface area contributed by atoms with Gasteiger partial charge >= 0.3 is 6.03 Å². The number of aromatic nitrogens is 2. The molecule has 1 rings (SSSR count). The molecule has 0 bridgehead atoms. The molecule has 0 unspecified atom stereocenters. The molecule has 0 radical (unpaired) electrons. The molecule has 3 N–H and O–H groups in total. The predicted molar refractivity (Wildman–Crippen MR) is 62.2 cm³/mol. The minimum atomic E-state index is -0.683. The highest BCUT2D eigenvalue weighted by Crippen LogP contribution is 2.22. The van der Waals surface area contributed by atoms with Crippen LogP contribution < -0.4 is 11.2 Å². The first-order valence-corrected chi connectivity index (χ1v) is 4.93. The summed E-state index contributed by atoms with van der Waals surface area (Å²) in [7, 11) is 1.84. The molecule has 6 nitrogen and oxygen atoms in total. The molecule has 6 heteroatoms. The molecule has 0 saturated heterocycles. The van der Waals surface area contributed by atoms with E-state index in [0.29, 0.717) is 0 Å². The second kappa shape index (κ2) is 4.34. The maximum Gasteiger partial charge on any atom is 0.332 e. The molecule has 1 aromatic heterocycles. The lowest BCUT2D eigenvalue weighted by atomic mass is 9.90. The Kier molecular flexibility index (Phi) is 3.31. The van der Waals surface area contributed by atoms with Crippen molar-refractivity contribution in [2.45, 2.75) is 26.2 Å². The number of amides is 2. The molecular weight excluding hydrogens is 206 g/mol. The van der Waals surface area contributed by atoms with Gasteiger partial charge in [0.25, 0.3) is 0 Å².